The van der Waals surface area contributed by atoms with Crippen LogP contribution in [0.5, 0.6) is 0 Å². The Bertz CT molecular complexity index is 388. The molecule has 4 nitrogen and oxygen atoms in total. The second kappa shape index (κ2) is 11.8. The Kier molecular flexibility index (Phi) is 12.6. The number of rotatable bonds is 7. The molecule has 2 atom stereocenters. The lowest BCUT2D eigenvalue weighted by Gasteiger charge is -2.25. The predicted octanol–water partition coefficient (Wildman–Crippen LogP) is 2.38. The number of hydrogen-bond donors (Lipinski definition) is 2. The maximum atomic E-state index is 11.8. The van der Waals surface area contributed by atoms with Gasteiger partial charge in [0.25, 0.3) is 0 Å². The number of hydrogen-bond acceptors (Lipinski definition) is 3. The minimum absolute atomic E-state index is 0. The second-order valence-corrected chi connectivity index (χ2v) is 5.03. The highest BCUT2D eigenvalue weighted by Gasteiger charge is 2.17. The molecule has 21 heavy (non-hydrogen) atoms. The van der Waals surface area contributed by atoms with Gasteiger partial charge in [0.15, 0.2) is 0 Å². The van der Waals surface area contributed by atoms with Crippen molar-refractivity contribution in [2.75, 3.05) is 20.6 Å². The van der Waals surface area contributed by atoms with Gasteiger partial charge >= 0.3 is 0 Å². The fourth-order valence-corrected chi connectivity index (χ4v) is 2.04. The van der Waals surface area contributed by atoms with Crippen LogP contribution in [0.4, 0.5) is 0 Å². The molecule has 3 N–H and O–H groups in total. The van der Waals surface area contributed by atoms with Crippen LogP contribution in [0.2, 0.25) is 0 Å². The lowest BCUT2D eigenvalue weighted by atomic mass is 10.1. The van der Waals surface area contributed by atoms with Crippen LogP contribution in [0.3, 0.4) is 0 Å². The van der Waals surface area contributed by atoms with Crippen LogP contribution in [0, 0.1) is 0 Å². The normalized spacial score (nSPS) is 12.8. The van der Waals surface area contributed by atoms with Gasteiger partial charge in [-0.05, 0) is 26.1 Å². The van der Waals surface area contributed by atoms with Gasteiger partial charge < -0.3 is 16.0 Å². The smallest absolute Gasteiger partial charge is 0.236 e. The Morgan fingerprint density at radius 1 is 1.24 bits per heavy atom. The molecule has 6 heteroatoms. The molecule has 1 aromatic carbocycles. The zero-order chi connectivity index (χ0) is 14.3. The first-order valence-electron chi connectivity index (χ1n) is 6.81. The van der Waals surface area contributed by atoms with Gasteiger partial charge in [-0.1, -0.05) is 43.7 Å². The molecular weight excluding hydrogens is 309 g/mol. The SMILES string of the molecule is CCCC(N)C(=O)NCC(c1ccccc1)N(C)C.Cl.Cl. The molecule has 0 aliphatic heterocycles. The van der Waals surface area contributed by atoms with E-state index in [2.05, 4.69) is 22.3 Å². The van der Waals surface area contributed by atoms with Gasteiger partial charge in [-0.15, -0.1) is 24.8 Å². The Morgan fingerprint density at radius 2 is 1.81 bits per heavy atom. The van der Waals surface area contributed by atoms with E-state index in [1.165, 1.54) is 5.56 Å². The molecule has 1 amide bonds. The van der Waals surface area contributed by atoms with E-state index in [9.17, 15) is 4.79 Å². The largest absolute Gasteiger partial charge is 0.353 e. The number of likely N-dealkylation sites (N-methyl/N-ethyl adjacent to an activating group) is 1. The van der Waals surface area contributed by atoms with E-state index in [1.807, 2.05) is 39.2 Å². The molecule has 0 fully saturated rings. The van der Waals surface area contributed by atoms with Crippen molar-refractivity contribution in [1.29, 1.82) is 0 Å². The lowest BCUT2D eigenvalue weighted by Crippen LogP contribution is -2.43. The first-order valence-corrected chi connectivity index (χ1v) is 6.81. The summed E-state index contributed by atoms with van der Waals surface area (Å²) in [5.74, 6) is -0.0652. The number of amides is 1. The van der Waals surface area contributed by atoms with E-state index in [4.69, 9.17) is 5.73 Å². The molecule has 2 unspecified atom stereocenters. The molecule has 0 saturated heterocycles. The summed E-state index contributed by atoms with van der Waals surface area (Å²) in [5, 5.41) is 2.94. The van der Waals surface area contributed by atoms with E-state index >= 15 is 0 Å². The molecule has 1 rings (SSSR count). The summed E-state index contributed by atoms with van der Waals surface area (Å²) in [6.45, 7) is 2.60. The van der Waals surface area contributed by atoms with Crippen molar-refractivity contribution in [2.24, 2.45) is 5.73 Å². The summed E-state index contributed by atoms with van der Waals surface area (Å²) in [6, 6.07) is 9.92. The summed E-state index contributed by atoms with van der Waals surface area (Å²) in [6.07, 6.45) is 1.65. The first-order chi connectivity index (χ1) is 9.06. The fraction of sp³-hybridized carbons (Fsp3) is 0.533. The summed E-state index contributed by atoms with van der Waals surface area (Å²) >= 11 is 0. The van der Waals surface area contributed by atoms with Gasteiger partial charge in [-0.2, -0.15) is 0 Å². The van der Waals surface area contributed by atoms with Crippen molar-refractivity contribution in [3.8, 4) is 0 Å². The Morgan fingerprint density at radius 3 is 2.29 bits per heavy atom. The van der Waals surface area contributed by atoms with Crippen molar-refractivity contribution < 1.29 is 4.79 Å². The van der Waals surface area contributed by atoms with Crippen LogP contribution in [-0.2, 0) is 4.79 Å². The number of carbonyl (C=O) groups is 1. The Labute approximate surface area is 140 Å². The summed E-state index contributed by atoms with van der Waals surface area (Å²) in [5.41, 5.74) is 6.99. The molecule has 0 heterocycles. The highest BCUT2D eigenvalue weighted by atomic mass is 35.5. The van der Waals surface area contributed by atoms with Crippen LogP contribution >= 0.6 is 24.8 Å². The number of nitrogens with zero attached hydrogens (tertiary/aromatic N) is 1. The van der Waals surface area contributed by atoms with Crippen molar-refractivity contribution in [3.63, 3.8) is 0 Å². The number of carbonyl (C=O) groups excluding carboxylic acids is 1. The zero-order valence-corrected chi connectivity index (χ0v) is 14.5. The van der Waals surface area contributed by atoms with Crippen molar-refractivity contribution in [2.45, 2.75) is 31.8 Å². The van der Waals surface area contributed by atoms with Crippen molar-refractivity contribution >= 4 is 30.7 Å². The zero-order valence-electron chi connectivity index (χ0n) is 12.9. The molecule has 0 spiro atoms. The molecule has 0 bridgehead atoms. The van der Waals surface area contributed by atoms with Gasteiger partial charge in [-0.25, -0.2) is 0 Å². The first kappa shape index (κ1) is 22.5. The predicted molar refractivity (Wildman–Crippen MR) is 93.3 cm³/mol. The number of halogens is 2. The maximum Gasteiger partial charge on any atom is 0.236 e. The summed E-state index contributed by atoms with van der Waals surface area (Å²) < 4.78 is 0. The van der Waals surface area contributed by atoms with E-state index in [0.717, 1.165) is 12.8 Å². The van der Waals surface area contributed by atoms with Gasteiger partial charge in [0, 0.05) is 6.54 Å². The molecule has 0 saturated carbocycles. The van der Waals surface area contributed by atoms with Crippen molar-refractivity contribution in [3.05, 3.63) is 35.9 Å². The molecule has 0 aliphatic rings. The quantitative estimate of drug-likeness (QED) is 0.804. The summed E-state index contributed by atoms with van der Waals surface area (Å²) in [4.78, 5) is 13.9. The molecular formula is C15H27Cl2N3O. The average Bonchev–Trinajstić information content (AvgIpc) is 2.39. The standard InChI is InChI=1S/C15H25N3O.2ClH/c1-4-8-13(16)15(19)17-11-14(18(2)3)12-9-6-5-7-10-12;;/h5-7,9-10,13-14H,4,8,11,16H2,1-3H3,(H,17,19);2*1H. The second-order valence-electron chi connectivity index (χ2n) is 5.03. The fourth-order valence-electron chi connectivity index (χ4n) is 2.04. The number of benzene rings is 1. The Balaban J connectivity index is 0. The minimum Gasteiger partial charge on any atom is -0.353 e. The van der Waals surface area contributed by atoms with Gasteiger partial charge in [0.1, 0.15) is 0 Å². The molecule has 0 aliphatic carbocycles. The average molecular weight is 336 g/mol. The highest BCUT2D eigenvalue weighted by Crippen LogP contribution is 2.16. The highest BCUT2D eigenvalue weighted by molar-refractivity contribution is 5.85. The summed E-state index contributed by atoms with van der Waals surface area (Å²) in [7, 11) is 4.02. The van der Waals surface area contributed by atoms with Gasteiger partial charge in [0.05, 0.1) is 12.1 Å². The third-order valence-electron chi connectivity index (χ3n) is 3.21. The van der Waals surface area contributed by atoms with E-state index in [-0.39, 0.29) is 36.8 Å². The van der Waals surface area contributed by atoms with Crippen molar-refractivity contribution in [1.82, 2.24) is 10.2 Å². The third-order valence-corrected chi connectivity index (χ3v) is 3.21. The molecule has 1 aromatic rings. The molecule has 0 radical (unpaired) electrons. The van der Waals surface area contributed by atoms with E-state index in [1.54, 1.807) is 0 Å². The molecule has 0 aromatic heterocycles. The van der Waals surface area contributed by atoms with Crippen LogP contribution in [0.1, 0.15) is 31.4 Å². The van der Waals surface area contributed by atoms with Gasteiger partial charge in [-0.3, -0.25) is 4.79 Å². The topological polar surface area (TPSA) is 58.4 Å². The van der Waals surface area contributed by atoms with Crippen LogP contribution in [0.15, 0.2) is 30.3 Å². The van der Waals surface area contributed by atoms with E-state index in [0.29, 0.717) is 6.54 Å². The number of nitrogens with one attached hydrogen (secondary N) is 1. The van der Waals surface area contributed by atoms with Crippen LogP contribution in [-0.4, -0.2) is 37.5 Å². The van der Waals surface area contributed by atoms with Crippen LogP contribution in [0.25, 0.3) is 0 Å². The lowest BCUT2D eigenvalue weighted by molar-refractivity contribution is -0.122. The molecule has 122 valence electrons. The van der Waals surface area contributed by atoms with E-state index < -0.39 is 6.04 Å². The minimum atomic E-state index is -0.399. The number of nitrogens with two attached hydrogens (primary N) is 1. The van der Waals surface area contributed by atoms with Gasteiger partial charge in [0.2, 0.25) is 5.91 Å². The van der Waals surface area contributed by atoms with Crippen LogP contribution < -0.4 is 11.1 Å². The monoisotopic (exact) mass is 335 g/mol. The Hall–Kier alpha value is -0.810. The third kappa shape index (κ3) is 7.67. The maximum absolute atomic E-state index is 11.8.